The molecular formula is C31H41ClFN3O6S. The number of hydrogen-bond acceptors (Lipinski definition) is 7. The highest BCUT2D eigenvalue weighted by Crippen LogP contribution is 2.36. The number of rotatable bonds is 11. The first-order valence-electron chi connectivity index (χ1n) is 14.7. The quantitative estimate of drug-likeness (QED) is 0.382. The second-order valence-corrected chi connectivity index (χ2v) is 13.8. The van der Waals surface area contributed by atoms with Gasteiger partial charge in [-0.3, -0.25) is 4.79 Å². The van der Waals surface area contributed by atoms with Crippen LogP contribution in [-0.4, -0.2) is 82.4 Å². The molecule has 0 radical (unpaired) electrons. The van der Waals surface area contributed by atoms with Gasteiger partial charge < -0.3 is 20.1 Å². The van der Waals surface area contributed by atoms with Gasteiger partial charge in [0.1, 0.15) is 5.82 Å². The molecule has 2 N–H and O–H groups in total. The monoisotopic (exact) mass is 637 g/mol. The Morgan fingerprint density at radius 2 is 1.86 bits per heavy atom. The Morgan fingerprint density at radius 1 is 1.16 bits per heavy atom. The summed E-state index contributed by atoms with van der Waals surface area (Å²) in [5.74, 6) is -1.09. The summed E-state index contributed by atoms with van der Waals surface area (Å²) in [6.45, 7) is 3.93. The lowest BCUT2D eigenvalue weighted by Crippen LogP contribution is -2.58. The van der Waals surface area contributed by atoms with E-state index in [4.69, 9.17) is 21.1 Å². The molecule has 0 aliphatic carbocycles. The molecule has 4 atom stereocenters. The SMILES string of the molecule is COC(=O)N[C@H](C(=O)Cc1cccc(F)c1CC[C@H]1CNC[C@H](C)N1S(C)(=O)=O)[C@@H](c1ccc(Cl)cc1)C1CCOCC1. The molecule has 0 unspecified atom stereocenters. The topological polar surface area (TPSA) is 114 Å². The highest BCUT2D eigenvalue weighted by atomic mass is 35.5. The van der Waals surface area contributed by atoms with Crippen molar-refractivity contribution in [2.75, 3.05) is 39.7 Å². The number of carbonyl (C=O) groups is 2. The first kappa shape index (κ1) is 33.3. The number of alkyl carbamates (subject to hydrolysis) is 1. The van der Waals surface area contributed by atoms with Crippen LogP contribution in [-0.2, 0) is 37.1 Å². The highest BCUT2D eigenvalue weighted by Gasteiger charge is 2.38. The van der Waals surface area contributed by atoms with Crippen molar-refractivity contribution in [2.24, 2.45) is 5.92 Å². The van der Waals surface area contributed by atoms with E-state index >= 15 is 4.39 Å². The maximum Gasteiger partial charge on any atom is 0.407 e. The summed E-state index contributed by atoms with van der Waals surface area (Å²) < 4.78 is 52.4. The summed E-state index contributed by atoms with van der Waals surface area (Å²) in [6.07, 6.45) is 2.38. The molecule has 2 aliphatic rings. The Hall–Kier alpha value is -2.57. The third-order valence-electron chi connectivity index (χ3n) is 8.50. The van der Waals surface area contributed by atoms with Crippen LogP contribution in [0.4, 0.5) is 9.18 Å². The summed E-state index contributed by atoms with van der Waals surface area (Å²) in [6, 6.07) is 10.3. The maximum atomic E-state index is 15.3. The van der Waals surface area contributed by atoms with Gasteiger partial charge in [-0.25, -0.2) is 17.6 Å². The first-order valence-corrected chi connectivity index (χ1v) is 16.9. The number of Topliss-reactive ketones (excluding diaryl/α,β-unsaturated/α-hetero) is 1. The molecule has 4 rings (SSSR count). The smallest absolute Gasteiger partial charge is 0.407 e. The standard InChI is InChI=1S/C31H41ClFN3O6S/c1-20-18-34-19-25(36(20)43(3,39)40)11-12-26-23(5-4-6-27(26)33)17-28(37)30(35-31(38)41-2)29(22-13-15-42-16-14-22)21-7-9-24(32)10-8-21/h4-10,20,22,25,29-30,34H,11-19H2,1-3H3,(H,35,38)/t20-,25-,29-,30+/m0/s1. The van der Waals surface area contributed by atoms with Crippen molar-refractivity contribution in [1.29, 1.82) is 0 Å². The summed E-state index contributed by atoms with van der Waals surface area (Å²) in [4.78, 5) is 26.7. The molecule has 0 spiro atoms. The van der Waals surface area contributed by atoms with Crippen LogP contribution in [0, 0.1) is 11.7 Å². The average molecular weight is 638 g/mol. The molecule has 0 saturated carbocycles. The van der Waals surface area contributed by atoms with Crippen molar-refractivity contribution in [1.82, 2.24) is 14.9 Å². The van der Waals surface area contributed by atoms with Gasteiger partial charge in [0.15, 0.2) is 5.78 Å². The normalized spacial score (nSPS) is 21.6. The van der Waals surface area contributed by atoms with E-state index in [1.54, 1.807) is 24.3 Å². The van der Waals surface area contributed by atoms with Gasteiger partial charge in [-0.2, -0.15) is 4.31 Å². The lowest BCUT2D eigenvalue weighted by molar-refractivity contribution is -0.121. The summed E-state index contributed by atoms with van der Waals surface area (Å²) >= 11 is 6.17. The molecule has 2 fully saturated rings. The molecule has 1 amide bonds. The van der Waals surface area contributed by atoms with Gasteiger partial charge in [-0.15, -0.1) is 0 Å². The number of carbonyl (C=O) groups excluding carboxylic acids is 2. The number of amides is 1. The van der Waals surface area contributed by atoms with Crippen LogP contribution < -0.4 is 10.6 Å². The lowest BCUT2D eigenvalue weighted by atomic mass is 9.74. The van der Waals surface area contributed by atoms with Crippen molar-refractivity contribution in [3.05, 3.63) is 70.0 Å². The number of nitrogens with zero attached hydrogens (tertiary/aromatic N) is 1. The Bertz CT molecular complexity index is 1370. The number of methoxy groups -OCH3 is 1. The van der Waals surface area contributed by atoms with Gasteiger partial charge in [-0.1, -0.05) is 35.9 Å². The number of nitrogens with one attached hydrogen (secondary N) is 2. The van der Waals surface area contributed by atoms with Crippen LogP contribution in [0.15, 0.2) is 42.5 Å². The number of hydrogen-bond donors (Lipinski definition) is 2. The minimum absolute atomic E-state index is 0.0378. The van der Waals surface area contributed by atoms with Gasteiger partial charge in [0.25, 0.3) is 0 Å². The zero-order valence-electron chi connectivity index (χ0n) is 24.9. The van der Waals surface area contributed by atoms with E-state index in [1.165, 1.54) is 23.7 Å². The molecule has 0 aromatic heterocycles. The molecule has 2 aromatic rings. The number of ether oxygens (including phenoxy) is 2. The Labute approximate surface area is 258 Å². The van der Waals surface area contributed by atoms with Crippen LogP contribution in [0.25, 0.3) is 0 Å². The number of piperazine rings is 1. The molecule has 2 saturated heterocycles. The van der Waals surface area contributed by atoms with Crippen LogP contribution >= 0.6 is 11.6 Å². The summed E-state index contributed by atoms with van der Waals surface area (Å²) in [7, 11) is -2.22. The van der Waals surface area contributed by atoms with Crippen molar-refractivity contribution in [3.63, 3.8) is 0 Å². The lowest BCUT2D eigenvalue weighted by Gasteiger charge is -2.39. The first-order chi connectivity index (χ1) is 20.5. The number of ketones is 1. The average Bonchev–Trinajstić information content (AvgIpc) is 2.97. The van der Waals surface area contributed by atoms with E-state index in [0.29, 0.717) is 61.7 Å². The van der Waals surface area contributed by atoms with Crippen molar-refractivity contribution in [3.8, 4) is 0 Å². The van der Waals surface area contributed by atoms with E-state index in [9.17, 15) is 18.0 Å². The second-order valence-electron chi connectivity index (χ2n) is 11.5. The Balaban J connectivity index is 1.63. The molecule has 2 heterocycles. The van der Waals surface area contributed by atoms with Gasteiger partial charge in [-0.05, 0) is 73.4 Å². The zero-order chi connectivity index (χ0) is 31.1. The number of halogens is 2. The van der Waals surface area contributed by atoms with Crippen LogP contribution in [0.3, 0.4) is 0 Å². The van der Waals surface area contributed by atoms with Gasteiger partial charge >= 0.3 is 6.09 Å². The highest BCUT2D eigenvalue weighted by molar-refractivity contribution is 7.88. The summed E-state index contributed by atoms with van der Waals surface area (Å²) in [5, 5.41) is 6.60. The van der Waals surface area contributed by atoms with Crippen molar-refractivity contribution >= 4 is 33.5 Å². The van der Waals surface area contributed by atoms with Crippen LogP contribution in [0.2, 0.25) is 5.02 Å². The molecule has 9 nitrogen and oxygen atoms in total. The third-order valence-corrected chi connectivity index (χ3v) is 10.2. The van der Waals surface area contributed by atoms with E-state index in [1.807, 2.05) is 19.1 Å². The van der Waals surface area contributed by atoms with Crippen LogP contribution in [0.1, 0.15) is 48.8 Å². The predicted molar refractivity (Wildman–Crippen MR) is 163 cm³/mol. The molecular weight excluding hydrogens is 597 g/mol. The fourth-order valence-electron chi connectivity index (χ4n) is 6.54. The molecule has 0 bridgehead atoms. The van der Waals surface area contributed by atoms with Gasteiger partial charge in [0.2, 0.25) is 10.0 Å². The molecule has 12 heteroatoms. The minimum Gasteiger partial charge on any atom is -0.453 e. The van der Waals surface area contributed by atoms with E-state index in [0.717, 1.165) is 5.56 Å². The largest absolute Gasteiger partial charge is 0.453 e. The number of benzene rings is 2. The van der Waals surface area contributed by atoms with E-state index in [-0.39, 0.29) is 42.5 Å². The van der Waals surface area contributed by atoms with E-state index in [2.05, 4.69) is 10.6 Å². The minimum atomic E-state index is -3.47. The fraction of sp³-hybridized carbons (Fsp3) is 0.548. The Morgan fingerprint density at radius 3 is 2.51 bits per heavy atom. The van der Waals surface area contributed by atoms with E-state index < -0.39 is 28.0 Å². The summed E-state index contributed by atoms with van der Waals surface area (Å²) in [5.41, 5.74) is 1.73. The molecule has 43 heavy (non-hydrogen) atoms. The second kappa shape index (κ2) is 14.9. The molecule has 236 valence electrons. The third kappa shape index (κ3) is 8.54. The number of sulfonamides is 1. The zero-order valence-corrected chi connectivity index (χ0v) is 26.4. The predicted octanol–water partition coefficient (Wildman–Crippen LogP) is 4.08. The maximum absolute atomic E-state index is 15.3. The van der Waals surface area contributed by atoms with Crippen LogP contribution in [0.5, 0.6) is 0 Å². The van der Waals surface area contributed by atoms with Crippen molar-refractivity contribution < 1.29 is 31.9 Å². The van der Waals surface area contributed by atoms with Gasteiger partial charge in [0, 0.05) is 55.7 Å². The Kier molecular flexibility index (Phi) is 11.6. The molecule has 2 aromatic carbocycles. The van der Waals surface area contributed by atoms with Crippen molar-refractivity contribution in [2.45, 2.75) is 63.1 Å². The molecule has 2 aliphatic heterocycles. The van der Waals surface area contributed by atoms with Gasteiger partial charge in [0.05, 0.1) is 19.4 Å². The fourth-order valence-corrected chi connectivity index (χ4v) is 8.11.